The molecular formula is C13H14N2O5. The number of methoxy groups -OCH3 is 1. The molecular weight excluding hydrogens is 264 g/mol. The van der Waals surface area contributed by atoms with Crippen molar-refractivity contribution in [3.63, 3.8) is 0 Å². The zero-order valence-corrected chi connectivity index (χ0v) is 10.8. The van der Waals surface area contributed by atoms with Crippen molar-refractivity contribution in [3.05, 3.63) is 42.0 Å². The first-order chi connectivity index (χ1) is 9.51. The first-order valence-corrected chi connectivity index (χ1v) is 5.64. The lowest BCUT2D eigenvalue weighted by Crippen LogP contribution is -2.41. The van der Waals surface area contributed by atoms with Gasteiger partial charge in [0.1, 0.15) is 5.75 Å². The van der Waals surface area contributed by atoms with Crippen molar-refractivity contribution in [1.29, 1.82) is 0 Å². The van der Waals surface area contributed by atoms with Crippen molar-refractivity contribution in [2.75, 3.05) is 7.11 Å². The molecule has 0 saturated heterocycles. The number of aliphatic carboxylic acids is 1. The summed E-state index contributed by atoms with van der Waals surface area (Å²) in [6.45, 7) is 0. The number of carboxylic acid groups (broad SMARTS) is 1. The second-order valence-corrected chi connectivity index (χ2v) is 3.73. The molecule has 0 atom stereocenters. The Morgan fingerprint density at radius 1 is 1.15 bits per heavy atom. The molecule has 0 aliphatic rings. The van der Waals surface area contributed by atoms with E-state index in [4.69, 9.17) is 9.84 Å². The van der Waals surface area contributed by atoms with Gasteiger partial charge in [0, 0.05) is 12.2 Å². The van der Waals surface area contributed by atoms with E-state index in [1.54, 1.807) is 31.4 Å². The number of amides is 2. The molecule has 0 aliphatic heterocycles. The predicted octanol–water partition coefficient (Wildman–Crippen LogP) is 0.0259. The van der Waals surface area contributed by atoms with E-state index in [0.29, 0.717) is 11.8 Å². The average Bonchev–Trinajstić information content (AvgIpc) is 2.43. The van der Waals surface area contributed by atoms with Gasteiger partial charge in [-0.15, -0.1) is 0 Å². The quantitative estimate of drug-likeness (QED) is 0.520. The lowest BCUT2D eigenvalue weighted by Gasteiger charge is -2.06. The van der Waals surface area contributed by atoms with E-state index in [-0.39, 0.29) is 6.42 Å². The Kier molecular flexibility index (Phi) is 5.76. The van der Waals surface area contributed by atoms with Gasteiger partial charge in [-0.05, 0) is 17.7 Å². The van der Waals surface area contributed by atoms with Crippen LogP contribution in [0.15, 0.2) is 36.4 Å². The first-order valence-electron chi connectivity index (χ1n) is 5.64. The average molecular weight is 278 g/mol. The molecule has 3 N–H and O–H groups in total. The Labute approximate surface area is 115 Å². The molecule has 7 nitrogen and oxygen atoms in total. The minimum absolute atomic E-state index is 0.0763. The molecule has 0 aromatic heterocycles. The number of nitrogens with one attached hydrogen (secondary N) is 2. The molecule has 1 aromatic rings. The molecule has 20 heavy (non-hydrogen) atoms. The lowest BCUT2D eigenvalue weighted by molar-refractivity contribution is -0.131. The molecule has 0 aliphatic carbocycles. The molecule has 0 bridgehead atoms. The molecule has 0 spiro atoms. The highest BCUT2D eigenvalue weighted by Crippen LogP contribution is 2.11. The summed E-state index contributed by atoms with van der Waals surface area (Å²) in [5.74, 6) is -1.71. The lowest BCUT2D eigenvalue weighted by atomic mass is 10.1. The zero-order chi connectivity index (χ0) is 15.0. The van der Waals surface area contributed by atoms with Crippen molar-refractivity contribution in [1.82, 2.24) is 10.9 Å². The van der Waals surface area contributed by atoms with Gasteiger partial charge in [-0.1, -0.05) is 12.1 Å². The number of carbonyl (C=O) groups is 3. The summed E-state index contributed by atoms with van der Waals surface area (Å²) in [7, 11) is 1.54. The molecule has 0 radical (unpaired) electrons. The maximum Gasteiger partial charge on any atom is 0.328 e. The largest absolute Gasteiger partial charge is 0.497 e. The number of hydrogen-bond acceptors (Lipinski definition) is 4. The van der Waals surface area contributed by atoms with Gasteiger partial charge in [-0.3, -0.25) is 20.4 Å². The number of hydrogen-bond donors (Lipinski definition) is 3. The molecule has 0 unspecified atom stereocenters. The molecule has 0 saturated carbocycles. The van der Waals surface area contributed by atoms with E-state index in [1.807, 2.05) is 0 Å². The Balaban J connectivity index is 2.39. The molecule has 0 fully saturated rings. The normalized spacial score (nSPS) is 10.1. The minimum atomic E-state index is -1.25. The molecule has 1 rings (SSSR count). The van der Waals surface area contributed by atoms with Gasteiger partial charge >= 0.3 is 5.97 Å². The number of carbonyl (C=O) groups excluding carboxylic acids is 2. The van der Waals surface area contributed by atoms with Crippen LogP contribution in [0.3, 0.4) is 0 Å². The fraction of sp³-hybridized carbons (Fsp3) is 0.154. The van der Waals surface area contributed by atoms with Crippen LogP contribution < -0.4 is 15.6 Å². The van der Waals surface area contributed by atoms with Gasteiger partial charge in [0.05, 0.1) is 13.5 Å². The maximum atomic E-state index is 11.5. The van der Waals surface area contributed by atoms with E-state index in [0.717, 1.165) is 11.6 Å². The molecule has 1 aromatic carbocycles. The Hall–Kier alpha value is -2.83. The number of hydrazine groups is 1. The van der Waals surface area contributed by atoms with Crippen molar-refractivity contribution in [3.8, 4) is 5.75 Å². The van der Waals surface area contributed by atoms with Gasteiger partial charge in [-0.25, -0.2) is 4.79 Å². The summed E-state index contributed by atoms with van der Waals surface area (Å²) < 4.78 is 4.99. The van der Waals surface area contributed by atoms with Crippen LogP contribution in [-0.2, 0) is 20.8 Å². The maximum absolute atomic E-state index is 11.5. The predicted molar refractivity (Wildman–Crippen MR) is 69.8 cm³/mol. The summed E-state index contributed by atoms with van der Waals surface area (Å²) >= 11 is 0. The van der Waals surface area contributed by atoms with Gasteiger partial charge in [0.15, 0.2) is 0 Å². The number of carboxylic acids is 1. The van der Waals surface area contributed by atoms with E-state index in [1.165, 1.54) is 0 Å². The first kappa shape index (κ1) is 15.2. The third-order valence-corrected chi connectivity index (χ3v) is 2.23. The molecule has 106 valence electrons. The van der Waals surface area contributed by atoms with E-state index >= 15 is 0 Å². The second kappa shape index (κ2) is 7.57. The Bertz CT molecular complexity index is 522. The van der Waals surface area contributed by atoms with E-state index < -0.39 is 17.8 Å². The van der Waals surface area contributed by atoms with Crippen LogP contribution >= 0.6 is 0 Å². The number of rotatable bonds is 5. The number of ether oxygens (including phenoxy) is 1. The van der Waals surface area contributed by atoms with Crippen LogP contribution in [0.25, 0.3) is 0 Å². The van der Waals surface area contributed by atoms with Crippen LogP contribution in [0.5, 0.6) is 5.75 Å². The van der Waals surface area contributed by atoms with Crippen LogP contribution in [0, 0.1) is 0 Å². The standard InChI is InChI=1S/C13H14N2O5/c1-20-10-4-2-9(3-5-10)8-12(17)15-14-11(16)6-7-13(18)19/h2-7H,8H2,1H3,(H,14,16)(H,15,17)(H,18,19)/b7-6+. The molecule has 0 heterocycles. The van der Waals surface area contributed by atoms with Crippen LogP contribution in [0.1, 0.15) is 5.56 Å². The van der Waals surface area contributed by atoms with Gasteiger partial charge in [-0.2, -0.15) is 0 Å². The van der Waals surface area contributed by atoms with E-state index in [2.05, 4.69) is 10.9 Å². The minimum Gasteiger partial charge on any atom is -0.497 e. The van der Waals surface area contributed by atoms with Crippen molar-refractivity contribution >= 4 is 17.8 Å². The molecule has 7 heteroatoms. The SMILES string of the molecule is COc1ccc(CC(=O)NNC(=O)/C=C/C(=O)O)cc1. The monoisotopic (exact) mass is 278 g/mol. The molecule has 2 amide bonds. The van der Waals surface area contributed by atoms with E-state index in [9.17, 15) is 14.4 Å². The van der Waals surface area contributed by atoms with Gasteiger partial charge in [0.25, 0.3) is 5.91 Å². The van der Waals surface area contributed by atoms with Crippen molar-refractivity contribution in [2.24, 2.45) is 0 Å². The highest BCUT2D eigenvalue weighted by molar-refractivity contribution is 5.94. The van der Waals surface area contributed by atoms with Crippen molar-refractivity contribution in [2.45, 2.75) is 6.42 Å². The third kappa shape index (κ3) is 5.67. The number of benzene rings is 1. The zero-order valence-electron chi connectivity index (χ0n) is 10.8. The third-order valence-electron chi connectivity index (χ3n) is 2.23. The smallest absolute Gasteiger partial charge is 0.328 e. The summed E-state index contributed by atoms with van der Waals surface area (Å²) in [4.78, 5) is 32.8. The highest BCUT2D eigenvalue weighted by atomic mass is 16.5. The van der Waals surface area contributed by atoms with Gasteiger partial charge < -0.3 is 9.84 Å². The highest BCUT2D eigenvalue weighted by Gasteiger charge is 2.04. The van der Waals surface area contributed by atoms with Crippen LogP contribution in [-0.4, -0.2) is 30.0 Å². The van der Waals surface area contributed by atoms with Crippen LogP contribution in [0.4, 0.5) is 0 Å². The van der Waals surface area contributed by atoms with Crippen LogP contribution in [0.2, 0.25) is 0 Å². The topological polar surface area (TPSA) is 105 Å². The Morgan fingerprint density at radius 3 is 2.35 bits per heavy atom. The fourth-order valence-electron chi connectivity index (χ4n) is 1.29. The summed E-state index contributed by atoms with van der Waals surface area (Å²) in [5.41, 5.74) is 4.99. The fourth-order valence-corrected chi connectivity index (χ4v) is 1.29. The summed E-state index contributed by atoms with van der Waals surface area (Å²) in [6.07, 6.45) is 1.55. The van der Waals surface area contributed by atoms with Gasteiger partial charge in [0.2, 0.25) is 5.91 Å². The Morgan fingerprint density at radius 2 is 1.80 bits per heavy atom. The second-order valence-electron chi connectivity index (χ2n) is 3.73. The summed E-state index contributed by atoms with van der Waals surface area (Å²) in [6, 6.07) is 6.89. The van der Waals surface area contributed by atoms with Crippen molar-refractivity contribution < 1.29 is 24.2 Å². The summed E-state index contributed by atoms with van der Waals surface area (Å²) in [5, 5.41) is 8.31.